The number of carboxylic acid groups (broad SMARTS) is 1. The molecule has 5 nitrogen and oxygen atoms in total. The molecule has 0 radical (unpaired) electrons. The van der Waals surface area contributed by atoms with Gasteiger partial charge in [0, 0.05) is 6.07 Å². The van der Waals surface area contributed by atoms with Gasteiger partial charge in [0.2, 0.25) is 0 Å². The van der Waals surface area contributed by atoms with Gasteiger partial charge in [0.25, 0.3) is 0 Å². The molecule has 6 heteroatoms. The normalized spacial score (nSPS) is 19.5. The molecule has 0 saturated heterocycles. The highest BCUT2D eigenvalue weighted by molar-refractivity contribution is 9.10. The summed E-state index contributed by atoms with van der Waals surface area (Å²) >= 11 is 3.47. The van der Waals surface area contributed by atoms with Crippen molar-refractivity contribution in [3.63, 3.8) is 0 Å². The van der Waals surface area contributed by atoms with Crippen LogP contribution in [0.2, 0.25) is 0 Å². The molecule has 0 atom stereocenters. The zero-order valence-corrected chi connectivity index (χ0v) is 14.1. The molecule has 22 heavy (non-hydrogen) atoms. The summed E-state index contributed by atoms with van der Waals surface area (Å²) in [7, 11) is 1.55. The summed E-state index contributed by atoms with van der Waals surface area (Å²) in [4.78, 5) is 12.2. The number of fused-ring (bicyclic) bond motifs is 1. The van der Waals surface area contributed by atoms with Gasteiger partial charge in [0.1, 0.15) is 24.4 Å². The average molecular weight is 371 g/mol. The lowest BCUT2D eigenvalue weighted by Crippen LogP contribution is -2.39. The predicted octanol–water partition coefficient (Wildman–Crippen LogP) is 3.52. The molecule has 1 saturated carbocycles. The van der Waals surface area contributed by atoms with Crippen molar-refractivity contribution in [1.82, 2.24) is 0 Å². The monoisotopic (exact) mass is 370 g/mol. The summed E-state index contributed by atoms with van der Waals surface area (Å²) in [5.74, 6) is 0.823. The zero-order valence-electron chi connectivity index (χ0n) is 12.5. The zero-order chi connectivity index (χ0) is 15.7. The van der Waals surface area contributed by atoms with Crippen molar-refractivity contribution in [2.45, 2.75) is 37.5 Å². The summed E-state index contributed by atoms with van der Waals surface area (Å²) in [6.45, 7) is 0.881. The number of halogens is 1. The molecule has 1 aliphatic carbocycles. The molecule has 1 aliphatic heterocycles. The van der Waals surface area contributed by atoms with Gasteiger partial charge in [-0.05, 0) is 28.8 Å². The van der Waals surface area contributed by atoms with Crippen molar-refractivity contribution in [1.29, 1.82) is 0 Å². The molecule has 1 aromatic rings. The van der Waals surface area contributed by atoms with Gasteiger partial charge in [-0.3, -0.25) is 4.79 Å². The van der Waals surface area contributed by atoms with Crippen molar-refractivity contribution < 1.29 is 24.1 Å². The molecule has 120 valence electrons. The molecular weight excluding hydrogens is 352 g/mol. The number of hydrogen-bond donors (Lipinski definition) is 1. The van der Waals surface area contributed by atoms with E-state index in [-0.39, 0.29) is 0 Å². The molecule has 0 amide bonds. The van der Waals surface area contributed by atoms with Gasteiger partial charge < -0.3 is 19.3 Å². The second kappa shape index (κ2) is 5.99. The SMILES string of the molecule is COc1c(Br)cc2c(c1C1(C(=O)O)CCCCC1)OCCO2. The molecule has 0 aromatic heterocycles. The fourth-order valence-corrected chi connectivity index (χ4v) is 4.07. The predicted molar refractivity (Wildman–Crippen MR) is 84.1 cm³/mol. The Morgan fingerprint density at radius 2 is 1.95 bits per heavy atom. The van der Waals surface area contributed by atoms with E-state index >= 15 is 0 Å². The van der Waals surface area contributed by atoms with E-state index < -0.39 is 11.4 Å². The molecule has 0 bridgehead atoms. The Labute approximate surface area is 137 Å². The molecule has 1 heterocycles. The van der Waals surface area contributed by atoms with Crippen molar-refractivity contribution in [3.8, 4) is 17.2 Å². The Hall–Kier alpha value is -1.43. The number of carbonyl (C=O) groups is 1. The maximum absolute atomic E-state index is 12.2. The number of carboxylic acids is 1. The quantitative estimate of drug-likeness (QED) is 0.881. The van der Waals surface area contributed by atoms with E-state index in [1.807, 2.05) is 0 Å². The maximum atomic E-state index is 12.2. The smallest absolute Gasteiger partial charge is 0.314 e. The van der Waals surface area contributed by atoms with Crippen LogP contribution in [0.25, 0.3) is 0 Å². The minimum Gasteiger partial charge on any atom is -0.495 e. The van der Waals surface area contributed by atoms with E-state index in [9.17, 15) is 9.90 Å². The van der Waals surface area contributed by atoms with Gasteiger partial charge in [0.05, 0.1) is 17.1 Å². The third-order valence-corrected chi connectivity index (χ3v) is 5.13. The van der Waals surface area contributed by atoms with Crippen LogP contribution in [0.15, 0.2) is 10.5 Å². The second-order valence-electron chi connectivity index (χ2n) is 5.74. The van der Waals surface area contributed by atoms with Crippen molar-refractivity contribution in [2.24, 2.45) is 0 Å². The van der Waals surface area contributed by atoms with Gasteiger partial charge in [-0.25, -0.2) is 0 Å². The van der Waals surface area contributed by atoms with Crippen LogP contribution in [0.1, 0.15) is 37.7 Å². The van der Waals surface area contributed by atoms with Crippen LogP contribution in [0, 0.1) is 0 Å². The first kappa shape index (κ1) is 15.5. The summed E-state index contributed by atoms with van der Waals surface area (Å²) in [6, 6.07) is 1.79. The minimum absolute atomic E-state index is 0.417. The number of methoxy groups -OCH3 is 1. The Kier molecular flexibility index (Phi) is 4.21. The third kappa shape index (κ3) is 2.33. The van der Waals surface area contributed by atoms with Gasteiger partial charge >= 0.3 is 5.97 Å². The van der Waals surface area contributed by atoms with E-state index in [1.54, 1.807) is 13.2 Å². The fraction of sp³-hybridized carbons (Fsp3) is 0.562. The van der Waals surface area contributed by atoms with Crippen LogP contribution in [0.4, 0.5) is 0 Å². The average Bonchev–Trinajstić information content (AvgIpc) is 2.54. The summed E-state index contributed by atoms with van der Waals surface area (Å²) in [5, 5.41) is 9.99. The Morgan fingerprint density at radius 3 is 2.59 bits per heavy atom. The first-order valence-corrected chi connectivity index (χ1v) is 8.29. The third-order valence-electron chi connectivity index (χ3n) is 4.54. The van der Waals surface area contributed by atoms with Gasteiger partial charge in [-0.1, -0.05) is 19.3 Å². The standard InChI is InChI=1S/C16H19BrO5/c1-20-13-10(17)9-11-14(22-8-7-21-11)12(13)16(15(18)19)5-3-2-4-6-16/h9H,2-8H2,1H3,(H,18,19). The molecule has 1 N–H and O–H groups in total. The van der Waals surface area contributed by atoms with Crippen LogP contribution < -0.4 is 14.2 Å². The summed E-state index contributed by atoms with van der Waals surface area (Å²) in [6.07, 6.45) is 4.01. The highest BCUT2D eigenvalue weighted by Gasteiger charge is 2.47. The Bertz CT molecular complexity index is 593. The highest BCUT2D eigenvalue weighted by atomic mass is 79.9. The van der Waals surface area contributed by atoms with Crippen molar-refractivity contribution >= 4 is 21.9 Å². The first-order chi connectivity index (χ1) is 10.6. The number of aliphatic carboxylic acids is 1. The second-order valence-corrected chi connectivity index (χ2v) is 6.59. The number of ether oxygens (including phenoxy) is 3. The fourth-order valence-electron chi connectivity index (χ4n) is 3.50. The maximum Gasteiger partial charge on any atom is 0.314 e. The van der Waals surface area contributed by atoms with Crippen LogP contribution in [0.3, 0.4) is 0 Å². The minimum atomic E-state index is -0.974. The van der Waals surface area contributed by atoms with Crippen LogP contribution >= 0.6 is 15.9 Å². The first-order valence-electron chi connectivity index (χ1n) is 7.50. The Morgan fingerprint density at radius 1 is 1.27 bits per heavy atom. The highest BCUT2D eigenvalue weighted by Crippen LogP contribution is 2.54. The van der Waals surface area contributed by atoms with Gasteiger partial charge in [0.15, 0.2) is 11.5 Å². The molecule has 0 unspecified atom stereocenters. The molecule has 3 rings (SSSR count). The van der Waals surface area contributed by atoms with E-state index in [4.69, 9.17) is 14.2 Å². The van der Waals surface area contributed by atoms with E-state index in [0.717, 1.165) is 19.3 Å². The lowest BCUT2D eigenvalue weighted by molar-refractivity contribution is -0.145. The Balaban J connectivity index is 2.26. The van der Waals surface area contributed by atoms with Gasteiger partial charge in [-0.15, -0.1) is 0 Å². The van der Waals surface area contributed by atoms with Crippen LogP contribution in [-0.2, 0) is 10.2 Å². The largest absolute Gasteiger partial charge is 0.495 e. The topological polar surface area (TPSA) is 65.0 Å². The summed E-state index contributed by atoms with van der Waals surface area (Å²) in [5.41, 5.74) is -0.357. The van der Waals surface area contributed by atoms with E-state index in [0.29, 0.717) is 53.3 Å². The van der Waals surface area contributed by atoms with Crippen LogP contribution in [-0.4, -0.2) is 31.4 Å². The molecule has 0 spiro atoms. The number of benzene rings is 1. The number of hydrogen-bond acceptors (Lipinski definition) is 4. The number of rotatable bonds is 3. The lowest BCUT2D eigenvalue weighted by atomic mass is 9.68. The van der Waals surface area contributed by atoms with Gasteiger partial charge in [-0.2, -0.15) is 0 Å². The lowest BCUT2D eigenvalue weighted by Gasteiger charge is -2.37. The van der Waals surface area contributed by atoms with E-state index in [1.165, 1.54) is 0 Å². The molecule has 1 aromatic carbocycles. The summed E-state index contributed by atoms with van der Waals surface area (Å²) < 4.78 is 17.7. The molecule has 1 fully saturated rings. The van der Waals surface area contributed by atoms with Crippen molar-refractivity contribution in [3.05, 3.63) is 16.1 Å². The van der Waals surface area contributed by atoms with E-state index in [2.05, 4.69) is 15.9 Å². The van der Waals surface area contributed by atoms with Crippen molar-refractivity contribution in [2.75, 3.05) is 20.3 Å². The molecule has 2 aliphatic rings. The van der Waals surface area contributed by atoms with Crippen LogP contribution in [0.5, 0.6) is 17.2 Å². The molecular formula is C16H19BrO5.